The van der Waals surface area contributed by atoms with E-state index in [0.29, 0.717) is 43.4 Å². The molecule has 3 aromatic rings. The molecule has 1 amide bonds. The fourth-order valence-electron chi connectivity index (χ4n) is 3.31. The zero-order valence-corrected chi connectivity index (χ0v) is 16.0. The maximum atomic E-state index is 14.0. The molecule has 9 heteroatoms. The maximum absolute atomic E-state index is 14.0. The van der Waals surface area contributed by atoms with Crippen LogP contribution in [0.25, 0.3) is 11.4 Å². The molecule has 4 rings (SSSR count). The molecule has 1 aliphatic rings. The molecule has 0 radical (unpaired) electrons. The van der Waals surface area contributed by atoms with Gasteiger partial charge in [-0.2, -0.15) is 4.80 Å². The number of hydrogen-bond acceptors (Lipinski definition) is 6. The second-order valence-electron chi connectivity index (χ2n) is 6.69. The van der Waals surface area contributed by atoms with Gasteiger partial charge >= 0.3 is 0 Å². The first-order chi connectivity index (χ1) is 14.1. The third kappa shape index (κ3) is 4.18. The number of halogens is 1. The number of anilines is 1. The molecule has 0 N–H and O–H groups in total. The monoisotopic (exact) mass is 396 g/mol. The van der Waals surface area contributed by atoms with E-state index >= 15 is 0 Å². The van der Waals surface area contributed by atoms with Gasteiger partial charge in [-0.1, -0.05) is 24.3 Å². The van der Waals surface area contributed by atoms with Gasteiger partial charge in [0.2, 0.25) is 11.7 Å². The quantitative estimate of drug-likeness (QED) is 0.655. The average Bonchev–Trinajstić information content (AvgIpc) is 3.23. The van der Waals surface area contributed by atoms with Gasteiger partial charge in [0.1, 0.15) is 18.1 Å². The smallest absolute Gasteiger partial charge is 0.246 e. The first-order valence-electron chi connectivity index (χ1n) is 9.33. The summed E-state index contributed by atoms with van der Waals surface area (Å²) in [5, 5.41) is 12.3. The van der Waals surface area contributed by atoms with Crippen molar-refractivity contribution in [3.05, 3.63) is 54.3 Å². The summed E-state index contributed by atoms with van der Waals surface area (Å²) in [5.74, 6) is 0.792. The van der Waals surface area contributed by atoms with E-state index in [0.717, 1.165) is 5.56 Å². The van der Waals surface area contributed by atoms with Crippen LogP contribution in [-0.2, 0) is 11.3 Å². The van der Waals surface area contributed by atoms with Crippen LogP contribution in [0.2, 0.25) is 0 Å². The standard InChI is InChI=1S/C20H21FN6O2/c1-29-16-6-4-5-15(13-16)20-22-24-27(23-20)14-19(28)26-11-9-25(10-12-26)18-8-3-2-7-17(18)21/h2-8,13H,9-12,14H2,1H3. The SMILES string of the molecule is COc1cccc(-c2nnn(CC(=O)N3CCN(c4ccccc4F)CC3)n2)c1. The van der Waals surface area contributed by atoms with Gasteiger partial charge in [-0.15, -0.1) is 10.2 Å². The topological polar surface area (TPSA) is 76.4 Å². The van der Waals surface area contributed by atoms with Crippen LogP contribution in [-0.4, -0.2) is 64.3 Å². The third-order valence-corrected chi connectivity index (χ3v) is 4.88. The minimum atomic E-state index is -0.246. The molecule has 29 heavy (non-hydrogen) atoms. The summed E-state index contributed by atoms with van der Waals surface area (Å²) in [6.07, 6.45) is 0. The van der Waals surface area contributed by atoms with Crippen LogP contribution >= 0.6 is 0 Å². The van der Waals surface area contributed by atoms with E-state index in [2.05, 4.69) is 15.4 Å². The van der Waals surface area contributed by atoms with Crippen LogP contribution in [0.5, 0.6) is 5.75 Å². The predicted octanol–water partition coefficient (Wildman–Crippen LogP) is 1.84. The van der Waals surface area contributed by atoms with Gasteiger partial charge in [-0.05, 0) is 29.5 Å². The zero-order valence-electron chi connectivity index (χ0n) is 16.0. The number of methoxy groups -OCH3 is 1. The van der Waals surface area contributed by atoms with Crippen LogP contribution in [0, 0.1) is 5.82 Å². The number of amides is 1. The normalized spacial score (nSPS) is 14.1. The Balaban J connectivity index is 1.36. The molecule has 0 unspecified atom stereocenters. The van der Waals surface area contributed by atoms with Crippen LogP contribution in [0.15, 0.2) is 48.5 Å². The first-order valence-corrected chi connectivity index (χ1v) is 9.33. The highest BCUT2D eigenvalue weighted by Crippen LogP contribution is 2.21. The van der Waals surface area contributed by atoms with Crippen molar-refractivity contribution in [3.8, 4) is 17.1 Å². The molecule has 0 bridgehead atoms. The van der Waals surface area contributed by atoms with Gasteiger partial charge in [-0.25, -0.2) is 4.39 Å². The number of carbonyl (C=O) groups excluding carboxylic acids is 1. The number of ether oxygens (including phenoxy) is 1. The Morgan fingerprint density at radius 2 is 1.90 bits per heavy atom. The summed E-state index contributed by atoms with van der Waals surface area (Å²) < 4.78 is 19.2. The summed E-state index contributed by atoms with van der Waals surface area (Å²) in [6.45, 7) is 2.20. The fraction of sp³-hybridized carbons (Fsp3) is 0.300. The largest absolute Gasteiger partial charge is 0.497 e. The molecule has 0 saturated carbocycles. The molecule has 0 spiro atoms. The number of piperazine rings is 1. The van der Waals surface area contributed by atoms with Crippen LogP contribution < -0.4 is 9.64 Å². The van der Waals surface area contributed by atoms with Gasteiger partial charge in [0.25, 0.3) is 0 Å². The van der Waals surface area contributed by atoms with E-state index in [1.54, 1.807) is 24.1 Å². The van der Waals surface area contributed by atoms with Crippen LogP contribution in [0.3, 0.4) is 0 Å². The van der Waals surface area contributed by atoms with E-state index in [9.17, 15) is 9.18 Å². The average molecular weight is 396 g/mol. The second kappa shape index (κ2) is 8.26. The van der Waals surface area contributed by atoms with Gasteiger partial charge in [-0.3, -0.25) is 4.79 Å². The predicted molar refractivity (Wildman–Crippen MR) is 105 cm³/mol. The van der Waals surface area contributed by atoms with Crippen molar-refractivity contribution in [1.29, 1.82) is 0 Å². The molecule has 2 aromatic carbocycles. The van der Waals surface area contributed by atoms with Crippen molar-refractivity contribution in [2.24, 2.45) is 0 Å². The molecule has 8 nitrogen and oxygen atoms in total. The van der Waals surface area contributed by atoms with E-state index in [1.807, 2.05) is 35.2 Å². The lowest BCUT2D eigenvalue weighted by Gasteiger charge is -2.36. The summed E-state index contributed by atoms with van der Waals surface area (Å²) in [6, 6.07) is 14.0. The molecular formula is C20H21FN6O2. The van der Waals surface area contributed by atoms with E-state index < -0.39 is 0 Å². The molecule has 1 aliphatic heterocycles. The Kier molecular flexibility index (Phi) is 5.37. The number of aromatic nitrogens is 4. The van der Waals surface area contributed by atoms with Crippen LogP contribution in [0.1, 0.15) is 0 Å². The lowest BCUT2D eigenvalue weighted by Crippen LogP contribution is -2.50. The Bertz CT molecular complexity index is 1000. The molecule has 1 aromatic heterocycles. The Labute approximate surface area is 167 Å². The molecule has 0 aliphatic carbocycles. The number of benzene rings is 2. The minimum absolute atomic E-state index is 0.0106. The minimum Gasteiger partial charge on any atom is -0.497 e. The maximum Gasteiger partial charge on any atom is 0.246 e. The van der Waals surface area contributed by atoms with Crippen molar-refractivity contribution >= 4 is 11.6 Å². The third-order valence-electron chi connectivity index (χ3n) is 4.88. The number of rotatable bonds is 5. The Morgan fingerprint density at radius 3 is 2.66 bits per heavy atom. The number of carbonyl (C=O) groups is 1. The van der Waals surface area contributed by atoms with Gasteiger partial charge in [0.15, 0.2) is 0 Å². The summed E-state index contributed by atoms with van der Waals surface area (Å²) in [4.78, 5) is 17.6. The molecule has 0 atom stereocenters. The van der Waals surface area contributed by atoms with Crippen molar-refractivity contribution in [2.75, 3.05) is 38.2 Å². The van der Waals surface area contributed by atoms with Crippen molar-refractivity contribution in [3.63, 3.8) is 0 Å². The van der Waals surface area contributed by atoms with Gasteiger partial charge < -0.3 is 14.5 Å². The molecular weight excluding hydrogens is 375 g/mol. The lowest BCUT2D eigenvalue weighted by atomic mass is 10.2. The van der Waals surface area contributed by atoms with Gasteiger partial charge in [0.05, 0.1) is 12.8 Å². The Hall–Kier alpha value is -3.49. The molecule has 150 valence electrons. The van der Waals surface area contributed by atoms with E-state index in [1.165, 1.54) is 10.9 Å². The zero-order chi connectivity index (χ0) is 20.2. The number of para-hydroxylation sites is 1. The van der Waals surface area contributed by atoms with Crippen molar-refractivity contribution in [1.82, 2.24) is 25.1 Å². The lowest BCUT2D eigenvalue weighted by molar-refractivity contribution is -0.132. The number of tetrazole rings is 1. The second-order valence-corrected chi connectivity index (χ2v) is 6.69. The molecule has 1 saturated heterocycles. The fourth-order valence-corrected chi connectivity index (χ4v) is 3.31. The number of nitrogens with zero attached hydrogens (tertiary/aromatic N) is 6. The summed E-state index contributed by atoms with van der Waals surface area (Å²) >= 11 is 0. The summed E-state index contributed by atoms with van der Waals surface area (Å²) in [5.41, 5.74) is 1.34. The summed E-state index contributed by atoms with van der Waals surface area (Å²) in [7, 11) is 1.59. The molecule has 2 heterocycles. The van der Waals surface area contributed by atoms with Gasteiger partial charge in [0, 0.05) is 31.7 Å². The van der Waals surface area contributed by atoms with E-state index in [4.69, 9.17) is 4.74 Å². The molecule has 1 fully saturated rings. The van der Waals surface area contributed by atoms with Crippen molar-refractivity contribution < 1.29 is 13.9 Å². The number of hydrogen-bond donors (Lipinski definition) is 0. The van der Waals surface area contributed by atoms with E-state index in [-0.39, 0.29) is 18.3 Å². The van der Waals surface area contributed by atoms with Crippen molar-refractivity contribution in [2.45, 2.75) is 6.54 Å². The first kappa shape index (κ1) is 18.9. The Morgan fingerprint density at radius 1 is 1.10 bits per heavy atom. The highest BCUT2D eigenvalue weighted by Gasteiger charge is 2.23. The van der Waals surface area contributed by atoms with Crippen LogP contribution in [0.4, 0.5) is 10.1 Å². The highest BCUT2D eigenvalue weighted by atomic mass is 19.1. The highest BCUT2D eigenvalue weighted by molar-refractivity contribution is 5.76.